The molecule has 0 spiro atoms. The van der Waals surface area contributed by atoms with Crippen LogP contribution in [0.3, 0.4) is 0 Å². The van der Waals surface area contributed by atoms with Gasteiger partial charge in [0.2, 0.25) is 0 Å². The first-order chi connectivity index (χ1) is 39.1. The van der Waals surface area contributed by atoms with E-state index in [0.29, 0.717) is 56.2 Å². The molecule has 20 nitrogen and oxygen atoms in total. The third kappa shape index (κ3) is 12.5. The summed E-state index contributed by atoms with van der Waals surface area (Å²) >= 11 is 0. The zero-order valence-corrected chi connectivity index (χ0v) is 44.8. The van der Waals surface area contributed by atoms with Crippen molar-refractivity contribution in [2.45, 2.75) is 84.2 Å². The van der Waals surface area contributed by atoms with Gasteiger partial charge in [0.05, 0.1) is 41.7 Å². The van der Waals surface area contributed by atoms with Crippen LogP contribution >= 0.6 is 0 Å². The molecule has 3 saturated heterocycles. The van der Waals surface area contributed by atoms with Crippen molar-refractivity contribution in [2.24, 2.45) is 23.5 Å². The minimum atomic E-state index is -4.42. The molecule has 1 aromatic carbocycles. The Bertz CT molecular complexity index is 3730. The molecule has 0 saturated carbocycles. The molecule has 0 aliphatic carbocycles. The standard InChI is InChI=1S/C22H23N5O2.C17H19F3N6O.C14H17N5.C2H4F3N.CH4/c1-2-16-12-26(22(28)29-14-15-6-4-3-5-7-15)13-17(16)19-10-24-20-11-25-21-18(27(19)20)8-9-23-21;1-2-10-7-25(16(27)24-9-17(18,19)20)8-11(10)13-5-22-14-6-23-15-12(26(13)14)3-4-21-15;1-2-9-5-15-6-10(9)12-7-17-13-8-18-14-11(19(12)13)3-4-16-14;3-2(4,5)1-6;/h3-11,16-17,23H,2,12-14H2,1H3;3-6,10-11,21H,2,7-9H2,1H3,(H,24,27);3-4,7-10,15-16H,2,5-6H2,1H3;1,6H2;1H4/t16-,17+;10-,11+;9-,10+;;/m111../s1. The zero-order chi connectivity index (χ0) is 57.0. The van der Waals surface area contributed by atoms with Gasteiger partial charge in [-0.05, 0) is 48.1 Å². The van der Waals surface area contributed by atoms with Crippen molar-refractivity contribution in [1.82, 2.24) is 78.5 Å². The molecule has 3 aliphatic rings. The molecular weight excluding hydrogens is 1070 g/mol. The van der Waals surface area contributed by atoms with Gasteiger partial charge >= 0.3 is 24.5 Å². The van der Waals surface area contributed by atoms with Gasteiger partial charge in [0.15, 0.2) is 33.9 Å². The molecule has 7 N–H and O–H groups in total. The molecule has 12 heterocycles. The zero-order valence-electron chi connectivity index (χ0n) is 44.8. The molecule has 10 aromatic rings. The van der Waals surface area contributed by atoms with Crippen molar-refractivity contribution in [3.8, 4) is 0 Å². The predicted octanol–water partition coefficient (Wildman–Crippen LogP) is 9.95. The molecule has 436 valence electrons. The summed E-state index contributed by atoms with van der Waals surface area (Å²) in [5, 5.41) is 5.47. The van der Waals surface area contributed by atoms with E-state index >= 15 is 0 Å². The maximum atomic E-state index is 12.7. The highest BCUT2D eigenvalue weighted by atomic mass is 19.4. The van der Waals surface area contributed by atoms with Crippen molar-refractivity contribution in [2.75, 3.05) is 52.4 Å². The number of rotatable bonds is 9. The van der Waals surface area contributed by atoms with Crippen LogP contribution in [-0.4, -0.2) is 145 Å². The number of likely N-dealkylation sites (tertiary alicyclic amines) is 2. The summed E-state index contributed by atoms with van der Waals surface area (Å²) < 4.78 is 81.1. The number of aromatic nitrogens is 12. The van der Waals surface area contributed by atoms with E-state index < -0.39 is 31.5 Å². The lowest BCUT2D eigenvalue weighted by atomic mass is 9.91. The second-order valence-corrected chi connectivity index (χ2v) is 20.5. The largest absolute Gasteiger partial charge is 0.445 e. The Hall–Kier alpha value is -8.26. The maximum Gasteiger partial charge on any atom is 0.410 e. The number of aromatic amines is 3. The number of nitrogens with two attached hydrogens (primary N) is 1. The first kappa shape index (κ1) is 58.4. The number of amides is 3. The minimum Gasteiger partial charge on any atom is -0.445 e. The van der Waals surface area contributed by atoms with Crippen LogP contribution in [0.2, 0.25) is 0 Å². The van der Waals surface area contributed by atoms with Crippen LogP contribution in [0, 0.1) is 17.8 Å². The molecule has 13 rings (SSSR count). The number of fused-ring (bicyclic) bond motifs is 9. The van der Waals surface area contributed by atoms with Gasteiger partial charge < -0.3 is 45.9 Å². The van der Waals surface area contributed by atoms with Crippen LogP contribution in [0.4, 0.5) is 35.9 Å². The Morgan fingerprint density at radius 2 is 1.02 bits per heavy atom. The van der Waals surface area contributed by atoms with Crippen LogP contribution in [0.5, 0.6) is 0 Å². The van der Waals surface area contributed by atoms with Crippen molar-refractivity contribution in [3.63, 3.8) is 0 Å². The van der Waals surface area contributed by atoms with Crippen molar-refractivity contribution < 1.29 is 40.7 Å². The highest BCUT2D eigenvalue weighted by molar-refractivity contribution is 5.77. The van der Waals surface area contributed by atoms with E-state index in [1.165, 1.54) is 17.0 Å². The van der Waals surface area contributed by atoms with Crippen LogP contribution in [-0.2, 0) is 11.3 Å². The summed E-state index contributed by atoms with van der Waals surface area (Å²) in [4.78, 5) is 64.2. The van der Waals surface area contributed by atoms with E-state index in [-0.39, 0.29) is 31.3 Å². The van der Waals surface area contributed by atoms with Crippen LogP contribution in [0.15, 0.2) is 104 Å². The van der Waals surface area contributed by atoms with Gasteiger partial charge in [-0.1, -0.05) is 77.8 Å². The van der Waals surface area contributed by atoms with Gasteiger partial charge in [0.25, 0.3) is 0 Å². The molecule has 9 aromatic heterocycles. The second kappa shape index (κ2) is 24.8. The summed E-state index contributed by atoms with van der Waals surface area (Å²) in [5.74, 6) is 1.94. The normalized spacial score (nSPS) is 20.0. The molecule has 82 heavy (non-hydrogen) atoms. The summed E-state index contributed by atoms with van der Waals surface area (Å²) in [6.07, 6.45) is 10.8. The Labute approximate surface area is 467 Å². The third-order valence-electron chi connectivity index (χ3n) is 15.6. The highest BCUT2D eigenvalue weighted by Crippen LogP contribution is 2.38. The Morgan fingerprint density at radius 3 is 1.46 bits per heavy atom. The smallest absolute Gasteiger partial charge is 0.410 e. The number of urea groups is 1. The topological polar surface area (TPSA) is 238 Å². The highest BCUT2D eigenvalue weighted by Gasteiger charge is 2.40. The third-order valence-corrected chi connectivity index (χ3v) is 15.6. The van der Waals surface area contributed by atoms with Gasteiger partial charge in [-0.25, -0.2) is 39.5 Å². The molecule has 6 atom stereocenters. The molecule has 0 radical (unpaired) electrons. The molecule has 3 aliphatic heterocycles. The van der Waals surface area contributed by atoms with Gasteiger partial charge in [0, 0.05) is 105 Å². The SMILES string of the molecule is C.CC[C@@H]1CN(C(=O)NCC(F)(F)F)C[C@@H]1c1cnc2cnc3[nH]ccc3n12.CC[C@@H]1CN(C(=O)OCc2ccccc2)C[C@@H]1c1cnc2cnc3[nH]ccc3n12.CC[C@@H]1CNC[C@@H]1c1cnc2cnc3[nH]ccc3n12.NCC(F)(F)F. The average Bonchev–Trinajstić information content (AvgIpc) is 3.36. The van der Waals surface area contributed by atoms with Gasteiger partial charge in [0.1, 0.15) is 13.2 Å². The molecule has 3 amide bonds. The van der Waals surface area contributed by atoms with Crippen molar-refractivity contribution in [3.05, 3.63) is 127 Å². The quantitative estimate of drug-likeness (QED) is 0.0744. The van der Waals surface area contributed by atoms with Crippen molar-refractivity contribution >= 4 is 62.6 Å². The Balaban J connectivity index is 0.000000142. The summed E-state index contributed by atoms with van der Waals surface area (Å²) in [7, 11) is 0. The van der Waals surface area contributed by atoms with E-state index in [0.717, 1.165) is 87.7 Å². The number of H-pyrrole nitrogens is 3. The first-order valence-electron chi connectivity index (χ1n) is 27.0. The predicted molar refractivity (Wildman–Crippen MR) is 298 cm³/mol. The lowest BCUT2D eigenvalue weighted by Crippen LogP contribution is -2.42. The number of halogens is 6. The Kier molecular flexibility index (Phi) is 17.7. The van der Waals surface area contributed by atoms with E-state index in [9.17, 15) is 35.9 Å². The first-order valence-corrected chi connectivity index (χ1v) is 27.0. The fraction of sp³-hybridized carbons (Fsp3) is 0.429. The van der Waals surface area contributed by atoms with E-state index in [4.69, 9.17) is 4.74 Å². The number of hydrogen-bond acceptors (Lipinski definition) is 11. The molecule has 3 fully saturated rings. The minimum absolute atomic E-state index is 0. The van der Waals surface area contributed by atoms with E-state index in [1.54, 1.807) is 24.8 Å². The molecule has 0 bridgehead atoms. The van der Waals surface area contributed by atoms with Gasteiger partial charge in [-0.3, -0.25) is 13.2 Å². The molecule has 0 unspecified atom stereocenters. The van der Waals surface area contributed by atoms with Gasteiger partial charge in [-0.2, -0.15) is 26.3 Å². The van der Waals surface area contributed by atoms with Crippen LogP contribution in [0.1, 0.15) is 87.9 Å². The number of nitrogens with one attached hydrogen (secondary N) is 5. The molecule has 26 heteroatoms. The number of imidazole rings is 3. The van der Waals surface area contributed by atoms with Gasteiger partial charge in [-0.15, -0.1) is 0 Å². The second-order valence-electron chi connectivity index (χ2n) is 20.5. The molecular formula is C56H67F6N17O3. The van der Waals surface area contributed by atoms with E-state index in [2.05, 4.69) is 84.6 Å². The number of alkyl halides is 6. The number of benzene rings is 1. The Morgan fingerprint density at radius 1 is 0.585 bits per heavy atom. The maximum absolute atomic E-state index is 12.7. The number of carbonyl (C=O) groups excluding carboxylic acids is 2. The average molecular weight is 1140 g/mol. The van der Waals surface area contributed by atoms with Crippen molar-refractivity contribution in [1.29, 1.82) is 0 Å². The number of hydrogen-bond donors (Lipinski definition) is 6. The van der Waals surface area contributed by atoms with Crippen LogP contribution in [0.25, 0.3) is 50.4 Å². The monoisotopic (exact) mass is 1140 g/mol. The number of carbonyl (C=O) groups is 2. The lowest BCUT2D eigenvalue weighted by molar-refractivity contribution is -0.123. The number of ether oxygens (including phenoxy) is 1. The lowest BCUT2D eigenvalue weighted by Gasteiger charge is -2.18. The number of nitrogens with zero attached hydrogens (tertiary/aromatic N) is 11. The fourth-order valence-electron chi connectivity index (χ4n) is 11.4. The fourth-order valence-corrected chi connectivity index (χ4v) is 11.4. The van der Waals surface area contributed by atoms with E-state index in [1.807, 2.05) is 95.0 Å². The summed E-state index contributed by atoms with van der Waals surface area (Å²) in [6, 6.07) is 15.1. The van der Waals surface area contributed by atoms with Crippen LogP contribution < -0.4 is 16.4 Å². The summed E-state index contributed by atoms with van der Waals surface area (Å²) in [5.41, 5.74) is 16.5. The summed E-state index contributed by atoms with van der Waals surface area (Å²) in [6.45, 7) is 8.45.